The highest BCUT2D eigenvalue weighted by molar-refractivity contribution is 7.91. The first-order chi connectivity index (χ1) is 9.38. The number of nitrogens with one attached hydrogen (secondary N) is 1. The fourth-order valence-corrected chi connectivity index (χ4v) is 4.06. The highest BCUT2D eigenvalue weighted by Crippen LogP contribution is 2.22. The number of carbonyl (C=O) groups excluding carboxylic acids is 1. The summed E-state index contributed by atoms with van der Waals surface area (Å²) in [7, 11) is -1.56. The molecule has 2 rings (SSSR count). The Hall–Kier alpha value is -1.41. The van der Waals surface area contributed by atoms with Crippen LogP contribution in [0.5, 0.6) is 5.88 Å². The number of hydrogen-bond donors (Lipinski definition) is 1. The van der Waals surface area contributed by atoms with E-state index in [2.05, 4.69) is 15.3 Å². The molecule has 0 bridgehead atoms. The SMILES string of the molecule is COc1cc(Cl)nc(NC(=O)CC2CCS(=O)(=O)C2)n1. The van der Waals surface area contributed by atoms with Crippen LogP contribution in [0.15, 0.2) is 6.07 Å². The standard InChI is InChI=1S/C11H14ClN3O4S/c1-19-10-5-8(12)13-11(15-10)14-9(16)4-7-2-3-20(17,18)6-7/h5,7H,2-4,6H2,1H3,(H,13,14,15,16). The lowest BCUT2D eigenvalue weighted by atomic mass is 10.1. The zero-order valence-electron chi connectivity index (χ0n) is 10.8. The predicted molar refractivity (Wildman–Crippen MR) is 73.6 cm³/mol. The Morgan fingerprint density at radius 3 is 2.90 bits per heavy atom. The van der Waals surface area contributed by atoms with E-state index in [9.17, 15) is 13.2 Å². The van der Waals surface area contributed by atoms with Crippen LogP contribution in [0.4, 0.5) is 5.95 Å². The summed E-state index contributed by atoms with van der Waals surface area (Å²) in [4.78, 5) is 19.6. The summed E-state index contributed by atoms with van der Waals surface area (Å²) in [5, 5.41) is 2.64. The molecule has 20 heavy (non-hydrogen) atoms. The Morgan fingerprint density at radius 1 is 1.55 bits per heavy atom. The molecule has 9 heteroatoms. The first-order valence-corrected chi connectivity index (χ1v) is 8.17. The van der Waals surface area contributed by atoms with E-state index in [1.54, 1.807) is 0 Å². The maximum atomic E-state index is 11.8. The van der Waals surface area contributed by atoms with Crippen LogP contribution in [0.3, 0.4) is 0 Å². The summed E-state index contributed by atoms with van der Waals surface area (Å²) in [6.45, 7) is 0. The number of sulfone groups is 1. The van der Waals surface area contributed by atoms with E-state index in [-0.39, 0.29) is 46.7 Å². The summed E-state index contributed by atoms with van der Waals surface area (Å²) in [6, 6.07) is 1.42. The van der Waals surface area contributed by atoms with Crippen molar-refractivity contribution in [2.45, 2.75) is 12.8 Å². The molecule has 0 saturated carbocycles. The number of methoxy groups -OCH3 is 1. The molecular weight excluding hydrogens is 306 g/mol. The number of aromatic nitrogens is 2. The van der Waals surface area contributed by atoms with Crippen molar-refractivity contribution >= 4 is 33.3 Å². The van der Waals surface area contributed by atoms with Gasteiger partial charge in [0.05, 0.1) is 18.6 Å². The fourth-order valence-electron chi connectivity index (χ4n) is 2.03. The van der Waals surface area contributed by atoms with Crippen LogP contribution >= 0.6 is 11.6 Å². The van der Waals surface area contributed by atoms with Crippen LogP contribution in [0.2, 0.25) is 5.15 Å². The molecule has 1 aliphatic rings. The first-order valence-electron chi connectivity index (χ1n) is 5.97. The molecule has 1 atom stereocenters. The van der Waals surface area contributed by atoms with Crippen LogP contribution in [0.25, 0.3) is 0 Å². The smallest absolute Gasteiger partial charge is 0.234 e. The highest BCUT2D eigenvalue weighted by Gasteiger charge is 2.29. The lowest BCUT2D eigenvalue weighted by Gasteiger charge is -2.08. The molecule has 1 unspecified atom stereocenters. The third-order valence-corrected chi connectivity index (χ3v) is 4.96. The first kappa shape index (κ1) is 15.0. The number of nitrogens with zero attached hydrogens (tertiary/aromatic N) is 2. The Kier molecular flexibility index (Phi) is 4.44. The lowest BCUT2D eigenvalue weighted by Crippen LogP contribution is -2.19. The van der Waals surface area contributed by atoms with E-state index in [0.717, 1.165) is 0 Å². The minimum atomic E-state index is -2.98. The third kappa shape index (κ3) is 4.04. The second kappa shape index (κ2) is 5.92. The van der Waals surface area contributed by atoms with Crippen molar-refractivity contribution in [2.75, 3.05) is 23.9 Å². The topological polar surface area (TPSA) is 98.2 Å². The van der Waals surface area contributed by atoms with Crippen LogP contribution < -0.4 is 10.1 Å². The van der Waals surface area contributed by atoms with Gasteiger partial charge in [-0.1, -0.05) is 11.6 Å². The van der Waals surface area contributed by atoms with Crippen molar-refractivity contribution in [3.05, 3.63) is 11.2 Å². The Balaban J connectivity index is 1.96. The lowest BCUT2D eigenvalue weighted by molar-refractivity contribution is -0.116. The Labute approximate surface area is 121 Å². The van der Waals surface area contributed by atoms with E-state index in [0.29, 0.717) is 6.42 Å². The molecule has 1 aromatic rings. The van der Waals surface area contributed by atoms with Gasteiger partial charge >= 0.3 is 0 Å². The molecular formula is C11H14ClN3O4S. The molecule has 1 aromatic heterocycles. The number of rotatable bonds is 4. The summed E-state index contributed by atoms with van der Waals surface area (Å²) in [5.74, 6) is -0.00602. The van der Waals surface area contributed by atoms with Crippen molar-refractivity contribution in [3.63, 3.8) is 0 Å². The molecule has 1 saturated heterocycles. The summed E-state index contributed by atoms with van der Waals surface area (Å²) in [6.07, 6.45) is 0.632. The Bertz CT molecular complexity index is 620. The molecule has 0 radical (unpaired) electrons. The van der Waals surface area contributed by atoms with Crippen LogP contribution in [-0.4, -0.2) is 42.9 Å². The van der Waals surface area contributed by atoms with Gasteiger partial charge in [0.2, 0.25) is 17.7 Å². The molecule has 0 aromatic carbocycles. The summed E-state index contributed by atoms with van der Waals surface area (Å²) < 4.78 is 27.5. The van der Waals surface area contributed by atoms with Crippen molar-refractivity contribution in [2.24, 2.45) is 5.92 Å². The molecule has 1 N–H and O–H groups in total. The molecule has 1 fully saturated rings. The number of hydrogen-bond acceptors (Lipinski definition) is 6. The van der Waals surface area contributed by atoms with E-state index in [4.69, 9.17) is 16.3 Å². The maximum absolute atomic E-state index is 11.8. The molecule has 1 amide bonds. The quantitative estimate of drug-likeness (QED) is 0.828. The molecule has 0 spiro atoms. The average Bonchev–Trinajstić information content (AvgIpc) is 2.67. The van der Waals surface area contributed by atoms with E-state index < -0.39 is 9.84 Å². The average molecular weight is 320 g/mol. The fraction of sp³-hybridized carbons (Fsp3) is 0.545. The number of amides is 1. The van der Waals surface area contributed by atoms with Gasteiger partial charge in [-0.3, -0.25) is 10.1 Å². The van der Waals surface area contributed by atoms with Crippen molar-refractivity contribution < 1.29 is 17.9 Å². The van der Waals surface area contributed by atoms with Gasteiger partial charge in [0, 0.05) is 12.5 Å². The van der Waals surface area contributed by atoms with Gasteiger partial charge in [0.1, 0.15) is 5.15 Å². The number of halogens is 1. The second-order valence-electron chi connectivity index (χ2n) is 4.58. The van der Waals surface area contributed by atoms with Gasteiger partial charge in [-0.2, -0.15) is 4.98 Å². The zero-order chi connectivity index (χ0) is 14.8. The highest BCUT2D eigenvalue weighted by atomic mass is 35.5. The minimum absolute atomic E-state index is 0.0419. The summed E-state index contributed by atoms with van der Waals surface area (Å²) >= 11 is 5.76. The van der Waals surface area contributed by atoms with E-state index >= 15 is 0 Å². The molecule has 110 valence electrons. The van der Waals surface area contributed by atoms with Gasteiger partial charge in [-0.05, 0) is 12.3 Å². The minimum Gasteiger partial charge on any atom is -0.481 e. The number of anilines is 1. The number of ether oxygens (including phenoxy) is 1. The van der Waals surface area contributed by atoms with Gasteiger partial charge in [-0.25, -0.2) is 13.4 Å². The molecule has 7 nitrogen and oxygen atoms in total. The molecule has 0 aliphatic carbocycles. The maximum Gasteiger partial charge on any atom is 0.234 e. The van der Waals surface area contributed by atoms with Gasteiger partial charge < -0.3 is 4.74 Å². The van der Waals surface area contributed by atoms with Crippen LogP contribution in [-0.2, 0) is 14.6 Å². The molecule has 1 aliphatic heterocycles. The van der Waals surface area contributed by atoms with E-state index in [1.165, 1.54) is 13.2 Å². The molecule has 2 heterocycles. The normalized spacial score (nSPS) is 20.6. The Morgan fingerprint density at radius 2 is 2.30 bits per heavy atom. The number of carbonyl (C=O) groups is 1. The van der Waals surface area contributed by atoms with Crippen LogP contribution in [0, 0.1) is 5.92 Å². The van der Waals surface area contributed by atoms with Gasteiger partial charge in [0.15, 0.2) is 9.84 Å². The van der Waals surface area contributed by atoms with Crippen molar-refractivity contribution in [3.8, 4) is 5.88 Å². The van der Waals surface area contributed by atoms with E-state index in [1.807, 2.05) is 0 Å². The van der Waals surface area contributed by atoms with Gasteiger partial charge in [0.25, 0.3) is 0 Å². The predicted octanol–water partition coefficient (Wildman–Crippen LogP) is 0.902. The largest absolute Gasteiger partial charge is 0.481 e. The monoisotopic (exact) mass is 319 g/mol. The van der Waals surface area contributed by atoms with Crippen LogP contribution in [0.1, 0.15) is 12.8 Å². The second-order valence-corrected chi connectivity index (χ2v) is 7.19. The van der Waals surface area contributed by atoms with Crippen molar-refractivity contribution in [1.29, 1.82) is 0 Å². The van der Waals surface area contributed by atoms with Gasteiger partial charge in [-0.15, -0.1) is 0 Å². The summed E-state index contributed by atoms with van der Waals surface area (Å²) in [5.41, 5.74) is 0. The zero-order valence-corrected chi connectivity index (χ0v) is 12.4. The third-order valence-electron chi connectivity index (χ3n) is 2.93. The van der Waals surface area contributed by atoms with Crippen molar-refractivity contribution in [1.82, 2.24) is 9.97 Å².